The number of carbonyl (C=O) groups is 2. The first-order valence-corrected chi connectivity index (χ1v) is 7.61. The lowest BCUT2D eigenvalue weighted by Crippen LogP contribution is -2.71. The SMILES string of the molecule is CCCC1C(=O)NC(CC)(CC)C(=O)N1C(C)COC. The fraction of sp³-hybridized carbons (Fsp3) is 0.867. The Morgan fingerprint density at radius 2 is 1.90 bits per heavy atom. The minimum Gasteiger partial charge on any atom is -0.383 e. The van der Waals surface area contributed by atoms with Crippen LogP contribution in [0, 0.1) is 0 Å². The van der Waals surface area contributed by atoms with Crippen LogP contribution in [0.15, 0.2) is 0 Å². The van der Waals surface area contributed by atoms with E-state index >= 15 is 0 Å². The summed E-state index contributed by atoms with van der Waals surface area (Å²) in [5.41, 5.74) is -0.747. The third kappa shape index (κ3) is 2.97. The highest BCUT2D eigenvalue weighted by Crippen LogP contribution is 2.28. The maximum Gasteiger partial charge on any atom is 0.249 e. The van der Waals surface area contributed by atoms with Gasteiger partial charge in [-0.3, -0.25) is 9.59 Å². The van der Waals surface area contributed by atoms with Crippen LogP contribution >= 0.6 is 0 Å². The van der Waals surface area contributed by atoms with E-state index in [0.717, 1.165) is 6.42 Å². The molecule has 0 aromatic carbocycles. The molecule has 0 aromatic rings. The zero-order valence-electron chi connectivity index (χ0n) is 13.4. The summed E-state index contributed by atoms with van der Waals surface area (Å²) in [6, 6.07) is -0.462. The van der Waals surface area contributed by atoms with E-state index in [1.807, 2.05) is 27.7 Å². The van der Waals surface area contributed by atoms with Crippen LogP contribution in [-0.4, -0.2) is 48.1 Å². The van der Waals surface area contributed by atoms with Crippen molar-refractivity contribution in [2.75, 3.05) is 13.7 Å². The van der Waals surface area contributed by atoms with Crippen LogP contribution in [-0.2, 0) is 14.3 Å². The van der Waals surface area contributed by atoms with Crippen molar-refractivity contribution in [1.82, 2.24) is 10.2 Å². The van der Waals surface area contributed by atoms with E-state index in [0.29, 0.717) is 25.9 Å². The van der Waals surface area contributed by atoms with Crippen molar-refractivity contribution >= 4 is 11.8 Å². The molecular formula is C15H28N2O3. The number of rotatable bonds is 7. The quantitative estimate of drug-likeness (QED) is 0.774. The molecule has 116 valence electrons. The molecule has 1 heterocycles. The first-order valence-electron chi connectivity index (χ1n) is 7.61. The van der Waals surface area contributed by atoms with Crippen LogP contribution in [0.4, 0.5) is 0 Å². The average Bonchev–Trinajstić information content (AvgIpc) is 2.43. The van der Waals surface area contributed by atoms with Crippen molar-refractivity contribution in [2.45, 2.75) is 71.0 Å². The maximum absolute atomic E-state index is 12.9. The van der Waals surface area contributed by atoms with Crippen LogP contribution in [0.5, 0.6) is 0 Å². The van der Waals surface area contributed by atoms with Crippen molar-refractivity contribution in [3.05, 3.63) is 0 Å². The third-order valence-corrected chi connectivity index (χ3v) is 4.30. The second kappa shape index (κ2) is 7.07. The van der Waals surface area contributed by atoms with Gasteiger partial charge in [-0.1, -0.05) is 27.2 Å². The molecule has 1 N–H and O–H groups in total. The number of hydrogen-bond acceptors (Lipinski definition) is 3. The highest BCUT2D eigenvalue weighted by molar-refractivity contribution is 6.00. The number of methoxy groups -OCH3 is 1. The van der Waals surface area contributed by atoms with E-state index in [9.17, 15) is 9.59 Å². The average molecular weight is 284 g/mol. The summed E-state index contributed by atoms with van der Waals surface area (Å²) in [6.45, 7) is 8.31. The Labute approximate surface area is 122 Å². The van der Waals surface area contributed by atoms with E-state index in [1.165, 1.54) is 0 Å². The van der Waals surface area contributed by atoms with Crippen LogP contribution in [0.1, 0.15) is 53.4 Å². The smallest absolute Gasteiger partial charge is 0.249 e. The Hall–Kier alpha value is -1.10. The lowest BCUT2D eigenvalue weighted by molar-refractivity contribution is -0.159. The van der Waals surface area contributed by atoms with E-state index in [1.54, 1.807) is 12.0 Å². The summed E-state index contributed by atoms with van der Waals surface area (Å²) in [5.74, 6) is 0.00297. The molecule has 0 bridgehead atoms. The monoisotopic (exact) mass is 284 g/mol. The molecule has 0 saturated carbocycles. The van der Waals surface area contributed by atoms with Crippen molar-refractivity contribution in [3.63, 3.8) is 0 Å². The zero-order chi connectivity index (χ0) is 15.3. The number of carbonyl (C=O) groups excluding carboxylic acids is 2. The minimum atomic E-state index is -0.747. The number of amides is 2. The van der Waals surface area contributed by atoms with Gasteiger partial charge in [-0.15, -0.1) is 0 Å². The maximum atomic E-state index is 12.9. The molecule has 1 fully saturated rings. The second-order valence-corrected chi connectivity index (χ2v) is 5.60. The molecule has 20 heavy (non-hydrogen) atoms. The van der Waals surface area contributed by atoms with Gasteiger partial charge in [0.05, 0.1) is 12.6 Å². The van der Waals surface area contributed by atoms with Gasteiger partial charge in [0, 0.05) is 7.11 Å². The molecule has 2 unspecified atom stereocenters. The number of piperazine rings is 1. The second-order valence-electron chi connectivity index (χ2n) is 5.60. The van der Waals surface area contributed by atoms with Crippen LogP contribution in [0.2, 0.25) is 0 Å². The normalized spacial score (nSPS) is 23.6. The zero-order valence-corrected chi connectivity index (χ0v) is 13.4. The summed E-state index contributed by atoms with van der Waals surface area (Å²) in [4.78, 5) is 27.1. The van der Waals surface area contributed by atoms with E-state index in [4.69, 9.17) is 4.74 Å². The first kappa shape index (κ1) is 17.0. The summed E-state index contributed by atoms with van der Waals surface area (Å²) >= 11 is 0. The van der Waals surface area contributed by atoms with E-state index in [-0.39, 0.29) is 23.9 Å². The first-order chi connectivity index (χ1) is 9.47. The Morgan fingerprint density at radius 3 is 2.35 bits per heavy atom. The standard InChI is InChI=1S/C15H28N2O3/c1-6-9-12-13(18)16-15(7-2,8-3)14(19)17(12)11(4)10-20-5/h11-12H,6-10H2,1-5H3,(H,16,18). The molecule has 1 aliphatic rings. The predicted octanol–water partition coefficient (Wildman–Crippen LogP) is 1.71. The van der Waals surface area contributed by atoms with Crippen LogP contribution < -0.4 is 5.32 Å². The molecule has 1 rings (SSSR count). The van der Waals surface area contributed by atoms with Gasteiger partial charge in [0.2, 0.25) is 11.8 Å². The number of nitrogens with zero attached hydrogens (tertiary/aromatic N) is 1. The Bertz CT molecular complexity index is 353. The lowest BCUT2D eigenvalue weighted by atomic mass is 9.85. The van der Waals surface area contributed by atoms with Crippen molar-refractivity contribution < 1.29 is 14.3 Å². The molecule has 0 radical (unpaired) electrons. The summed E-state index contributed by atoms with van der Waals surface area (Å²) in [7, 11) is 1.62. The number of hydrogen-bond donors (Lipinski definition) is 1. The van der Waals surface area contributed by atoms with Gasteiger partial charge >= 0.3 is 0 Å². The van der Waals surface area contributed by atoms with Gasteiger partial charge in [0.25, 0.3) is 0 Å². The fourth-order valence-electron chi connectivity index (χ4n) is 2.99. The topological polar surface area (TPSA) is 58.6 Å². The largest absolute Gasteiger partial charge is 0.383 e. The summed E-state index contributed by atoms with van der Waals surface area (Å²) < 4.78 is 5.18. The number of ether oxygens (including phenoxy) is 1. The third-order valence-electron chi connectivity index (χ3n) is 4.30. The molecular weight excluding hydrogens is 256 g/mol. The number of nitrogens with one attached hydrogen (secondary N) is 1. The van der Waals surface area contributed by atoms with Gasteiger partial charge in [0.1, 0.15) is 11.6 Å². The Kier molecular flexibility index (Phi) is 5.99. The molecule has 2 amide bonds. The van der Waals surface area contributed by atoms with Crippen molar-refractivity contribution in [2.24, 2.45) is 0 Å². The predicted molar refractivity (Wildman–Crippen MR) is 78.3 cm³/mol. The molecule has 0 aromatic heterocycles. The molecule has 5 nitrogen and oxygen atoms in total. The molecule has 1 aliphatic heterocycles. The highest BCUT2D eigenvalue weighted by atomic mass is 16.5. The molecule has 1 saturated heterocycles. The minimum absolute atomic E-state index is 0.0295. The van der Waals surface area contributed by atoms with Gasteiger partial charge in [-0.05, 0) is 26.2 Å². The highest BCUT2D eigenvalue weighted by Gasteiger charge is 2.49. The van der Waals surface area contributed by atoms with Crippen molar-refractivity contribution in [3.8, 4) is 0 Å². The Balaban J connectivity index is 3.13. The molecule has 5 heteroatoms. The molecule has 2 atom stereocenters. The van der Waals surface area contributed by atoms with E-state index < -0.39 is 5.54 Å². The van der Waals surface area contributed by atoms with E-state index in [2.05, 4.69) is 5.32 Å². The summed E-state index contributed by atoms with van der Waals surface area (Å²) in [6.07, 6.45) is 2.79. The summed E-state index contributed by atoms with van der Waals surface area (Å²) in [5, 5.41) is 2.97. The van der Waals surface area contributed by atoms with Gasteiger partial charge in [-0.25, -0.2) is 0 Å². The molecule has 0 aliphatic carbocycles. The Morgan fingerprint density at radius 1 is 1.30 bits per heavy atom. The van der Waals surface area contributed by atoms with Crippen LogP contribution in [0.3, 0.4) is 0 Å². The van der Waals surface area contributed by atoms with Gasteiger partial charge < -0.3 is 15.0 Å². The lowest BCUT2D eigenvalue weighted by Gasteiger charge is -2.47. The van der Waals surface area contributed by atoms with Crippen LogP contribution in [0.25, 0.3) is 0 Å². The fourth-order valence-corrected chi connectivity index (χ4v) is 2.99. The molecule has 0 spiro atoms. The van der Waals surface area contributed by atoms with Gasteiger partial charge in [0.15, 0.2) is 0 Å². The van der Waals surface area contributed by atoms with Gasteiger partial charge in [-0.2, -0.15) is 0 Å². The van der Waals surface area contributed by atoms with Crippen molar-refractivity contribution in [1.29, 1.82) is 0 Å².